The molecule has 0 aliphatic carbocycles. The molecule has 0 bridgehead atoms. The van der Waals surface area contributed by atoms with Crippen LogP contribution in [0, 0.1) is 0 Å². The summed E-state index contributed by atoms with van der Waals surface area (Å²) >= 11 is 0. The van der Waals surface area contributed by atoms with Crippen LogP contribution in [0.3, 0.4) is 0 Å². The average Bonchev–Trinajstić information content (AvgIpc) is 3.38. The zero-order chi connectivity index (χ0) is 23.4. The maximum atomic E-state index is 2.57. The van der Waals surface area contributed by atoms with Crippen molar-refractivity contribution in [3.63, 3.8) is 0 Å². The first-order chi connectivity index (χ1) is 16.5. The lowest BCUT2D eigenvalue weighted by atomic mass is 9.88. The van der Waals surface area contributed by atoms with Crippen LogP contribution < -0.4 is 4.57 Å². The predicted molar refractivity (Wildman–Crippen MR) is 142 cm³/mol. The average molecular weight is 444 g/mol. The zero-order valence-corrected chi connectivity index (χ0v) is 20.4. The number of hydrogen-bond acceptors (Lipinski definition) is 0. The molecule has 34 heavy (non-hydrogen) atoms. The normalized spacial score (nSPS) is 12.5. The summed E-state index contributed by atoms with van der Waals surface area (Å²) in [5.41, 5.74) is 12.1. The Morgan fingerprint density at radius 2 is 1.35 bits per heavy atom. The largest absolute Gasteiger partial charge is 0.303 e. The molecule has 2 aromatic heterocycles. The molecule has 0 radical (unpaired) electrons. The molecule has 0 fully saturated rings. The van der Waals surface area contributed by atoms with E-state index in [9.17, 15) is 0 Å². The van der Waals surface area contributed by atoms with Crippen molar-refractivity contribution in [2.45, 2.75) is 46.1 Å². The monoisotopic (exact) mass is 443 g/mol. The van der Waals surface area contributed by atoms with Gasteiger partial charge >= 0.3 is 0 Å². The van der Waals surface area contributed by atoms with Crippen molar-refractivity contribution in [1.82, 2.24) is 4.57 Å². The van der Waals surface area contributed by atoms with Crippen molar-refractivity contribution in [3.05, 3.63) is 108 Å². The number of para-hydroxylation sites is 1. The lowest BCUT2D eigenvalue weighted by molar-refractivity contribution is -0.672. The lowest BCUT2D eigenvalue weighted by Gasteiger charge is -2.24. The van der Waals surface area contributed by atoms with Crippen LogP contribution in [0.25, 0.3) is 39.1 Å². The number of aromatic nitrogens is 2. The van der Waals surface area contributed by atoms with Gasteiger partial charge in [-0.2, -0.15) is 4.57 Å². The Labute approximate surface area is 202 Å². The highest BCUT2D eigenvalue weighted by molar-refractivity contribution is 5.94. The standard InChI is InChI=1S/C32H31N2/c1-21(2)26-18-24(23-12-6-5-7-13-23)19-27(22(3)4)31(26)34-29-15-9-8-14-25(29)28-20-33-17-11-10-16-30(33)32(28)34/h5-19,21-22H,20H2,1-4H3/q+1. The number of fused-ring (bicyclic) bond motifs is 5. The molecular weight excluding hydrogens is 412 g/mol. The maximum absolute atomic E-state index is 2.57. The molecule has 6 rings (SSSR count). The molecule has 2 nitrogen and oxygen atoms in total. The second-order valence-electron chi connectivity index (χ2n) is 10.1. The highest BCUT2D eigenvalue weighted by Gasteiger charge is 2.34. The molecule has 0 saturated heterocycles. The molecule has 0 spiro atoms. The Morgan fingerprint density at radius 1 is 0.706 bits per heavy atom. The van der Waals surface area contributed by atoms with Gasteiger partial charge in [0.25, 0.3) is 0 Å². The fraction of sp³-hybridized carbons (Fsp3) is 0.219. The molecule has 2 heteroatoms. The van der Waals surface area contributed by atoms with Crippen LogP contribution in [0.1, 0.15) is 56.2 Å². The minimum Gasteiger partial charge on any atom is -0.303 e. The van der Waals surface area contributed by atoms with E-state index in [0.717, 1.165) is 6.54 Å². The third-order valence-electron chi connectivity index (χ3n) is 7.23. The zero-order valence-electron chi connectivity index (χ0n) is 20.4. The van der Waals surface area contributed by atoms with Gasteiger partial charge in [-0.25, -0.2) is 0 Å². The van der Waals surface area contributed by atoms with E-state index in [4.69, 9.17) is 0 Å². The SMILES string of the molecule is CC(C)c1cc(-c2ccccc2)cc(C(C)C)c1-n1c2c(c3ccccc31)C[n+]1ccccc1-2. The summed E-state index contributed by atoms with van der Waals surface area (Å²) in [5, 5.41) is 1.36. The fourth-order valence-electron chi connectivity index (χ4n) is 5.58. The Morgan fingerprint density at radius 3 is 2.06 bits per heavy atom. The van der Waals surface area contributed by atoms with Gasteiger partial charge in [-0.05, 0) is 58.4 Å². The second kappa shape index (κ2) is 7.99. The molecule has 1 aliphatic heterocycles. The number of nitrogens with zero attached hydrogens (tertiary/aromatic N) is 2. The van der Waals surface area contributed by atoms with Crippen LogP contribution in [0.5, 0.6) is 0 Å². The van der Waals surface area contributed by atoms with Gasteiger partial charge in [0.1, 0.15) is 5.69 Å². The van der Waals surface area contributed by atoms with Crippen molar-refractivity contribution >= 4 is 10.9 Å². The summed E-state index contributed by atoms with van der Waals surface area (Å²) in [6, 6.07) is 31.1. The van der Waals surface area contributed by atoms with E-state index in [0.29, 0.717) is 11.8 Å². The smallest absolute Gasteiger partial charge is 0.230 e. The number of hydrogen-bond donors (Lipinski definition) is 0. The van der Waals surface area contributed by atoms with Crippen molar-refractivity contribution in [2.75, 3.05) is 0 Å². The molecule has 5 aromatic rings. The molecule has 0 atom stereocenters. The lowest BCUT2D eigenvalue weighted by Crippen LogP contribution is -2.31. The van der Waals surface area contributed by atoms with Crippen LogP contribution in [0.4, 0.5) is 0 Å². The first-order valence-electron chi connectivity index (χ1n) is 12.4. The van der Waals surface area contributed by atoms with Gasteiger partial charge in [0.05, 0.1) is 16.8 Å². The van der Waals surface area contributed by atoms with E-state index in [2.05, 4.69) is 128 Å². The van der Waals surface area contributed by atoms with Crippen LogP contribution in [0.2, 0.25) is 0 Å². The molecule has 0 N–H and O–H groups in total. The van der Waals surface area contributed by atoms with E-state index in [1.165, 1.54) is 55.8 Å². The van der Waals surface area contributed by atoms with Crippen LogP contribution >= 0.6 is 0 Å². The van der Waals surface area contributed by atoms with Crippen LogP contribution in [-0.2, 0) is 6.54 Å². The van der Waals surface area contributed by atoms with E-state index in [1.54, 1.807) is 0 Å². The maximum Gasteiger partial charge on any atom is 0.230 e. The Bertz CT molecular complexity index is 1490. The second-order valence-corrected chi connectivity index (χ2v) is 10.1. The summed E-state index contributed by atoms with van der Waals surface area (Å²) in [4.78, 5) is 0. The van der Waals surface area contributed by atoms with Crippen LogP contribution in [-0.4, -0.2) is 4.57 Å². The molecule has 0 saturated carbocycles. The summed E-state index contributed by atoms with van der Waals surface area (Å²) in [6.45, 7) is 10.2. The van der Waals surface area contributed by atoms with Gasteiger partial charge in [0, 0.05) is 17.5 Å². The van der Waals surface area contributed by atoms with E-state index < -0.39 is 0 Å². The summed E-state index contributed by atoms with van der Waals surface area (Å²) in [7, 11) is 0. The first kappa shape index (κ1) is 20.9. The minimum absolute atomic E-state index is 0.400. The quantitative estimate of drug-likeness (QED) is 0.245. The Kier molecular flexibility index (Phi) is 4.91. The Hall–Kier alpha value is -3.65. The third-order valence-corrected chi connectivity index (χ3v) is 7.23. The molecule has 1 aliphatic rings. The number of benzene rings is 3. The first-order valence-corrected chi connectivity index (χ1v) is 12.4. The van der Waals surface area contributed by atoms with Crippen LogP contribution in [0.15, 0.2) is 91.1 Å². The number of rotatable bonds is 4. The summed E-state index contributed by atoms with van der Waals surface area (Å²) in [5.74, 6) is 0.801. The van der Waals surface area contributed by atoms with E-state index in [1.807, 2.05) is 0 Å². The van der Waals surface area contributed by atoms with Gasteiger partial charge in [-0.15, -0.1) is 0 Å². The molecular formula is C32H31N2+. The van der Waals surface area contributed by atoms with E-state index in [-0.39, 0.29) is 0 Å². The van der Waals surface area contributed by atoms with Gasteiger partial charge in [-0.3, -0.25) is 0 Å². The van der Waals surface area contributed by atoms with Crippen molar-refractivity contribution in [3.8, 4) is 28.2 Å². The van der Waals surface area contributed by atoms with Gasteiger partial charge in [-0.1, -0.05) is 76.2 Å². The molecule has 0 amide bonds. The van der Waals surface area contributed by atoms with E-state index >= 15 is 0 Å². The molecule has 3 aromatic carbocycles. The molecule has 168 valence electrons. The van der Waals surface area contributed by atoms with Crippen molar-refractivity contribution < 1.29 is 4.57 Å². The summed E-state index contributed by atoms with van der Waals surface area (Å²) in [6.07, 6.45) is 2.21. The minimum atomic E-state index is 0.400. The molecule has 3 heterocycles. The number of pyridine rings is 1. The van der Waals surface area contributed by atoms with Crippen molar-refractivity contribution in [2.24, 2.45) is 0 Å². The molecule has 0 unspecified atom stereocenters. The topological polar surface area (TPSA) is 8.81 Å². The Balaban J connectivity index is 1.74. The van der Waals surface area contributed by atoms with Gasteiger partial charge < -0.3 is 4.57 Å². The predicted octanol–water partition coefficient (Wildman–Crippen LogP) is 7.86. The van der Waals surface area contributed by atoms with Gasteiger partial charge in [0.2, 0.25) is 5.69 Å². The summed E-state index contributed by atoms with van der Waals surface area (Å²) < 4.78 is 4.96. The van der Waals surface area contributed by atoms with Gasteiger partial charge in [0.15, 0.2) is 12.7 Å². The highest BCUT2D eigenvalue weighted by Crippen LogP contribution is 2.43. The fourth-order valence-corrected chi connectivity index (χ4v) is 5.58. The third kappa shape index (κ3) is 3.13. The highest BCUT2D eigenvalue weighted by atomic mass is 15.1. The van der Waals surface area contributed by atoms with Crippen molar-refractivity contribution in [1.29, 1.82) is 0 Å².